The smallest absolute Gasteiger partial charge is 0.311 e. The monoisotopic (exact) mass is 300 g/mol. The van der Waals surface area contributed by atoms with Crippen LogP contribution in [0.2, 0.25) is 0 Å². The summed E-state index contributed by atoms with van der Waals surface area (Å²) in [4.78, 5) is 23.4. The van der Waals surface area contributed by atoms with E-state index in [1.165, 1.54) is 0 Å². The highest BCUT2D eigenvalue weighted by Crippen LogP contribution is 2.31. The number of hydrogen-bond acceptors (Lipinski definition) is 5. The van der Waals surface area contributed by atoms with Gasteiger partial charge in [-0.3, -0.25) is 9.59 Å². The van der Waals surface area contributed by atoms with E-state index in [-0.39, 0.29) is 30.4 Å². The van der Waals surface area contributed by atoms with E-state index in [2.05, 4.69) is 6.92 Å². The molecule has 0 amide bonds. The standard InChI is InChI=1S/C16H28O5/c1-5-15(3,4)14(18)20-9-7-8-13(17)21-12-16(6-2)10-19-11-16/h5-12H2,1-4H3. The van der Waals surface area contributed by atoms with Gasteiger partial charge in [0.05, 0.1) is 30.7 Å². The van der Waals surface area contributed by atoms with Crippen LogP contribution in [0.15, 0.2) is 0 Å². The van der Waals surface area contributed by atoms with Gasteiger partial charge >= 0.3 is 11.9 Å². The molecule has 0 aromatic carbocycles. The third kappa shape index (κ3) is 5.30. The molecule has 0 unspecified atom stereocenters. The Morgan fingerprint density at radius 2 is 1.86 bits per heavy atom. The van der Waals surface area contributed by atoms with Crippen LogP contribution >= 0.6 is 0 Å². The third-order valence-corrected chi connectivity index (χ3v) is 4.30. The zero-order valence-corrected chi connectivity index (χ0v) is 13.7. The topological polar surface area (TPSA) is 61.8 Å². The molecule has 0 atom stereocenters. The van der Waals surface area contributed by atoms with Crippen LogP contribution in [0, 0.1) is 10.8 Å². The second kappa shape index (κ2) is 7.78. The highest BCUT2D eigenvalue weighted by molar-refractivity contribution is 5.75. The molecule has 1 saturated heterocycles. The van der Waals surface area contributed by atoms with Gasteiger partial charge in [0, 0.05) is 6.42 Å². The van der Waals surface area contributed by atoms with Crippen LogP contribution in [0.4, 0.5) is 0 Å². The number of hydrogen-bond donors (Lipinski definition) is 0. The predicted octanol–water partition coefficient (Wildman–Crippen LogP) is 2.72. The van der Waals surface area contributed by atoms with Gasteiger partial charge in [-0.1, -0.05) is 13.8 Å². The Morgan fingerprint density at radius 1 is 1.19 bits per heavy atom. The fraction of sp³-hybridized carbons (Fsp3) is 0.875. The minimum absolute atomic E-state index is 0.0211. The molecule has 1 aliphatic heterocycles. The molecular formula is C16H28O5. The van der Waals surface area contributed by atoms with Crippen molar-refractivity contribution in [2.75, 3.05) is 26.4 Å². The van der Waals surface area contributed by atoms with E-state index in [4.69, 9.17) is 14.2 Å². The maximum Gasteiger partial charge on any atom is 0.311 e. The fourth-order valence-corrected chi connectivity index (χ4v) is 1.81. The molecule has 0 aliphatic carbocycles. The lowest BCUT2D eigenvalue weighted by Crippen LogP contribution is -2.46. The largest absolute Gasteiger partial charge is 0.465 e. The van der Waals surface area contributed by atoms with E-state index < -0.39 is 5.41 Å². The molecule has 5 nitrogen and oxygen atoms in total. The molecule has 21 heavy (non-hydrogen) atoms. The van der Waals surface area contributed by atoms with E-state index in [0.717, 1.165) is 12.8 Å². The molecule has 1 fully saturated rings. The molecule has 122 valence electrons. The minimum atomic E-state index is -0.460. The van der Waals surface area contributed by atoms with Crippen molar-refractivity contribution < 1.29 is 23.8 Å². The number of rotatable bonds is 9. The maximum atomic E-state index is 11.7. The lowest BCUT2D eigenvalue weighted by molar-refractivity contribution is -0.171. The van der Waals surface area contributed by atoms with Crippen molar-refractivity contribution in [2.45, 2.75) is 53.4 Å². The van der Waals surface area contributed by atoms with E-state index in [1.54, 1.807) is 0 Å². The van der Waals surface area contributed by atoms with Gasteiger partial charge in [0.25, 0.3) is 0 Å². The van der Waals surface area contributed by atoms with Crippen molar-refractivity contribution in [3.05, 3.63) is 0 Å². The number of esters is 2. The Hall–Kier alpha value is -1.10. The highest BCUT2D eigenvalue weighted by atomic mass is 16.5. The first-order valence-electron chi connectivity index (χ1n) is 7.76. The average Bonchev–Trinajstić information content (AvgIpc) is 2.42. The highest BCUT2D eigenvalue weighted by Gasteiger charge is 2.38. The summed E-state index contributed by atoms with van der Waals surface area (Å²) in [6.07, 6.45) is 2.46. The van der Waals surface area contributed by atoms with E-state index >= 15 is 0 Å². The van der Waals surface area contributed by atoms with E-state index in [0.29, 0.717) is 26.2 Å². The van der Waals surface area contributed by atoms with Crippen LogP contribution in [0.1, 0.15) is 53.4 Å². The van der Waals surface area contributed by atoms with E-state index in [1.807, 2.05) is 20.8 Å². The molecule has 1 heterocycles. The van der Waals surface area contributed by atoms with Crippen molar-refractivity contribution >= 4 is 11.9 Å². The second-order valence-corrected chi connectivity index (χ2v) is 6.48. The Labute approximate surface area is 127 Å². The van der Waals surface area contributed by atoms with Crippen LogP contribution in [0.25, 0.3) is 0 Å². The minimum Gasteiger partial charge on any atom is -0.465 e. The first-order valence-corrected chi connectivity index (χ1v) is 7.76. The molecule has 0 spiro atoms. The first-order chi connectivity index (χ1) is 9.85. The summed E-state index contributed by atoms with van der Waals surface area (Å²) < 4.78 is 15.6. The average molecular weight is 300 g/mol. The summed E-state index contributed by atoms with van der Waals surface area (Å²) in [6.45, 7) is 9.76. The Morgan fingerprint density at radius 3 is 2.33 bits per heavy atom. The Kier molecular flexibility index (Phi) is 6.65. The van der Waals surface area contributed by atoms with Crippen molar-refractivity contribution in [3.8, 4) is 0 Å². The summed E-state index contributed by atoms with van der Waals surface area (Å²) in [7, 11) is 0. The van der Waals surface area contributed by atoms with Gasteiger partial charge in [0.15, 0.2) is 0 Å². The molecule has 0 aromatic rings. The summed E-state index contributed by atoms with van der Waals surface area (Å²) in [5.41, 5.74) is -0.439. The van der Waals surface area contributed by atoms with Crippen LogP contribution in [-0.2, 0) is 23.8 Å². The van der Waals surface area contributed by atoms with Crippen molar-refractivity contribution in [1.82, 2.24) is 0 Å². The molecule has 0 N–H and O–H groups in total. The van der Waals surface area contributed by atoms with Crippen LogP contribution < -0.4 is 0 Å². The first kappa shape index (κ1) is 18.0. The van der Waals surface area contributed by atoms with Gasteiger partial charge in [-0.25, -0.2) is 0 Å². The number of ether oxygens (including phenoxy) is 3. The summed E-state index contributed by atoms with van der Waals surface area (Å²) >= 11 is 0. The normalized spacial score (nSPS) is 17.0. The van der Waals surface area contributed by atoms with Gasteiger partial charge in [-0.15, -0.1) is 0 Å². The summed E-state index contributed by atoms with van der Waals surface area (Å²) in [5, 5.41) is 0. The van der Waals surface area contributed by atoms with Gasteiger partial charge < -0.3 is 14.2 Å². The van der Waals surface area contributed by atoms with Crippen molar-refractivity contribution in [1.29, 1.82) is 0 Å². The molecule has 0 saturated carbocycles. The number of carbonyl (C=O) groups excluding carboxylic acids is 2. The quantitative estimate of drug-likeness (QED) is 0.484. The van der Waals surface area contributed by atoms with Crippen molar-refractivity contribution in [2.24, 2.45) is 10.8 Å². The Balaban J connectivity index is 2.12. The van der Waals surface area contributed by atoms with Crippen LogP contribution in [0.5, 0.6) is 0 Å². The van der Waals surface area contributed by atoms with Crippen LogP contribution in [-0.4, -0.2) is 38.4 Å². The van der Waals surface area contributed by atoms with E-state index in [9.17, 15) is 9.59 Å². The van der Waals surface area contributed by atoms with Gasteiger partial charge in [-0.05, 0) is 33.1 Å². The molecule has 0 radical (unpaired) electrons. The summed E-state index contributed by atoms with van der Waals surface area (Å²) in [5.74, 6) is -0.449. The van der Waals surface area contributed by atoms with Gasteiger partial charge in [0.2, 0.25) is 0 Å². The lowest BCUT2D eigenvalue weighted by Gasteiger charge is -2.39. The van der Waals surface area contributed by atoms with Crippen LogP contribution in [0.3, 0.4) is 0 Å². The zero-order valence-electron chi connectivity index (χ0n) is 13.7. The SMILES string of the molecule is CCC1(COC(=O)CCCOC(=O)C(C)(C)CC)COC1. The molecule has 1 aliphatic rings. The fourth-order valence-electron chi connectivity index (χ4n) is 1.81. The number of carbonyl (C=O) groups is 2. The molecule has 0 aromatic heterocycles. The molecule has 0 bridgehead atoms. The van der Waals surface area contributed by atoms with Crippen molar-refractivity contribution in [3.63, 3.8) is 0 Å². The second-order valence-electron chi connectivity index (χ2n) is 6.48. The zero-order chi connectivity index (χ0) is 15.9. The molecule has 1 rings (SSSR count). The Bertz CT molecular complexity index is 352. The lowest BCUT2D eigenvalue weighted by atomic mass is 9.84. The summed E-state index contributed by atoms with van der Waals surface area (Å²) in [6, 6.07) is 0. The third-order valence-electron chi connectivity index (χ3n) is 4.30. The van der Waals surface area contributed by atoms with Gasteiger partial charge in [0.1, 0.15) is 6.61 Å². The molecular weight excluding hydrogens is 272 g/mol. The van der Waals surface area contributed by atoms with Gasteiger partial charge in [-0.2, -0.15) is 0 Å². The molecule has 5 heteroatoms. The predicted molar refractivity (Wildman–Crippen MR) is 78.8 cm³/mol. The maximum absolute atomic E-state index is 11.7.